The summed E-state index contributed by atoms with van der Waals surface area (Å²) in [7, 11) is 0. The van der Waals surface area contributed by atoms with E-state index in [1.54, 1.807) is 0 Å². The zero-order valence-corrected chi connectivity index (χ0v) is 16.8. The number of carboxylic acid groups (broad SMARTS) is 1. The van der Waals surface area contributed by atoms with E-state index in [0.29, 0.717) is 24.6 Å². The topological polar surface area (TPSA) is 66.4 Å². The number of unbranched alkanes of at least 4 members (excludes halogenated alkanes) is 3. The number of rotatable bonds is 13. The van der Waals surface area contributed by atoms with Crippen LogP contribution in [0.4, 0.5) is 0 Å². The molecule has 0 saturated heterocycles. The number of hydrogen-bond acceptors (Lipinski definition) is 4. The molecule has 0 saturated carbocycles. The Hall–Kier alpha value is 0.640. The van der Waals surface area contributed by atoms with Gasteiger partial charge in [-0.15, -0.1) is 0 Å². The molecule has 21 heavy (non-hydrogen) atoms. The zero-order valence-electron chi connectivity index (χ0n) is 13.0. The first-order valence-corrected chi connectivity index (χ1v) is 8.48. The molecule has 4 nitrogen and oxygen atoms in total. The van der Waals surface area contributed by atoms with Crippen LogP contribution in [0.25, 0.3) is 0 Å². The molecule has 0 bridgehead atoms. The maximum absolute atomic E-state index is 11.5. The van der Waals surface area contributed by atoms with E-state index in [1.807, 2.05) is 0 Å². The van der Waals surface area contributed by atoms with Crippen molar-refractivity contribution in [2.45, 2.75) is 63.0 Å². The fourth-order valence-electron chi connectivity index (χ4n) is 1.85. The standard InChI is InChI=1S/C14H27NO3S2.Na/c16-13(7-4-3-6-12(20)9-11-19)15-10-5-1-2-8-14(17)18;/h12,19-20H,1-11H2,(H,15,16)(H,17,18);. The van der Waals surface area contributed by atoms with Gasteiger partial charge in [-0.05, 0) is 37.9 Å². The van der Waals surface area contributed by atoms with Crippen LogP contribution < -0.4 is 5.32 Å². The van der Waals surface area contributed by atoms with E-state index in [-0.39, 0.29) is 41.9 Å². The van der Waals surface area contributed by atoms with Gasteiger partial charge in [0.1, 0.15) is 0 Å². The molecule has 0 aromatic carbocycles. The number of carbonyl (C=O) groups is 2. The Balaban J connectivity index is 0. The summed E-state index contributed by atoms with van der Waals surface area (Å²) in [6.45, 7) is 0.646. The van der Waals surface area contributed by atoms with E-state index >= 15 is 0 Å². The molecule has 0 aromatic rings. The van der Waals surface area contributed by atoms with Crippen molar-refractivity contribution >= 4 is 66.7 Å². The maximum atomic E-state index is 11.5. The molecule has 0 aliphatic rings. The molecular weight excluding hydrogens is 317 g/mol. The quantitative estimate of drug-likeness (QED) is 0.236. The van der Waals surface area contributed by atoms with Crippen LogP contribution in [0.2, 0.25) is 0 Å². The molecule has 0 aliphatic heterocycles. The molecule has 1 unspecified atom stereocenters. The monoisotopic (exact) mass is 344 g/mol. The van der Waals surface area contributed by atoms with Crippen LogP contribution in [0.3, 0.4) is 0 Å². The first-order valence-electron chi connectivity index (χ1n) is 7.33. The van der Waals surface area contributed by atoms with Crippen molar-refractivity contribution in [1.82, 2.24) is 5.32 Å². The minimum absolute atomic E-state index is 0. The summed E-state index contributed by atoms with van der Waals surface area (Å²) in [5.41, 5.74) is 0. The zero-order chi connectivity index (χ0) is 15.2. The summed E-state index contributed by atoms with van der Waals surface area (Å²) in [6, 6.07) is 0. The van der Waals surface area contributed by atoms with Crippen LogP contribution in [0, 0.1) is 0 Å². The van der Waals surface area contributed by atoms with Gasteiger partial charge in [-0.3, -0.25) is 9.59 Å². The van der Waals surface area contributed by atoms with Crippen LogP contribution in [0.5, 0.6) is 0 Å². The molecule has 119 valence electrons. The number of carboxylic acids is 1. The Morgan fingerprint density at radius 1 is 1.00 bits per heavy atom. The molecule has 0 fully saturated rings. The summed E-state index contributed by atoms with van der Waals surface area (Å²) in [4.78, 5) is 21.8. The Kier molecular flexibility index (Phi) is 19.3. The van der Waals surface area contributed by atoms with Gasteiger partial charge in [-0.2, -0.15) is 25.3 Å². The van der Waals surface area contributed by atoms with Gasteiger partial charge < -0.3 is 10.4 Å². The van der Waals surface area contributed by atoms with Crippen molar-refractivity contribution in [3.63, 3.8) is 0 Å². The summed E-state index contributed by atoms with van der Waals surface area (Å²) < 4.78 is 0. The van der Waals surface area contributed by atoms with Crippen LogP contribution in [-0.2, 0) is 9.59 Å². The molecule has 1 atom stereocenters. The smallest absolute Gasteiger partial charge is 0.303 e. The van der Waals surface area contributed by atoms with Crippen LogP contribution >= 0.6 is 25.3 Å². The van der Waals surface area contributed by atoms with Crippen LogP contribution in [0.15, 0.2) is 0 Å². The second kappa shape index (κ2) is 17.0. The molecule has 0 heterocycles. The first-order chi connectivity index (χ1) is 9.56. The predicted octanol–water partition coefficient (Wildman–Crippen LogP) is 2.55. The molecule has 2 N–H and O–H groups in total. The number of carbonyl (C=O) groups excluding carboxylic acids is 1. The molecule has 7 heteroatoms. The fraction of sp³-hybridized carbons (Fsp3) is 0.857. The Labute approximate surface area is 161 Å². The Bertz CT molecular complexity index is 281. The molecule has 0 rings (SSSR count). The SMILES string of the molecule is O=C(O)CCCCCNC(=O)CCCCC(S)CCS.[Na]. The summed E-state index contributed by atoms with van der Waals surface area (Å²) in [5.74, 6) is 0.193. The number of aliphatic carboxylic acids is 1. The van der Waals surface area contributed by atoms with E-state index in [4.69, 9.17) is 5.11 Å². The van der Waals surface area contributed by atoms with E-state index in [1.165, 1.54) is 0 Å². The molecule has 0 aliphatic carbocycles. The van der Waals surface area contributed by atoms with E-state index in [0.717, 1.165) is 44.3 Å². The van der Waals surface area contributed by atoms with E-state index < -0.39 is 5.97 Å². The third-order valence-electron chi connectivity index (χ3n) is 3.04. The van der Waals surface area contributed by atoms with Crippen molar-refractivity contribution in [2.24, 2.45) is 0 Å². The van der Waals surface area contributed by atoms with Crippen LogP contribution in [-0.4, -0.2) is 64.1 Å². The molecule has 0 spiro atoms. The second-order valence-electron chi connectivity index (χ2n) is 4.97. The van der Waals surface area contributed by atoms with E-state index in [9.17, 15) is 9.59 Å². The third kappa shape index (κ3) is 18.6. The van der Waals surface area contributed by atoms with Gasteiger partial charge in [0.05, 0.1) is 0 Å². The number of nitrogens with one attached hydrogen (secondary N) is 1. The normalized spacial score (nSPS) is 11.5. The fourth-order valence-corrected chi connectivity index (χ4v) is 2.68. The second-order valence-corrected chi connectivity index (χ2v) is 6.14. The van der Waals surface area contributed by atoms with Gasteiger partial charge in [-0.25, -0.2) is 0 Å². The Morgan fingerprint density at radius 2 is 1.67 bits per heavy atom. The van der Waals surface area contributed by atoms with Gasteiger partial charge >= 0.3 is 5.97 Å². The van der Waals surface area contributed by atoms with Crippen molar-refractivity contribution in [2.75, 3.05) is 12.3 Å². The average Bonchev–Trinajstić information content (AvgIpc) is 2.39. The summed E-state index contributed by atoms with van der Waals surface area (Å²) >= 11 is 8.61. The summed E-state index contributed by atoms with van der Waals surface area (Å²) in [6.07, 6.45) is 7.11. The Morgan fingerprint density at radius 3 is 2.29 bits per heavy atom. The molecule has 0 aromatic heterocycles. The van der Waals surface area contributed by atoms with Crippen LogP contribution in [0.1, 0.15) is 57.8 Å². The average molecular weight is 344 g/mol. The first kappa shape index (κ1) is 23.9. The van der Waals surface area contributed by atoms with Gasteiger partial charge in [0.25, 0.3) is 0 Å². The van der Waals surface area contributed by atoms with Crippen molar-refractivity contribution in [3.8, 4) is 0 Å². The molecule has 1 amide bonds. The van der Waals surface area contributed by atoms with Crippen molar-refractivity contribution < 1.29 is 14.7 Å². The van der Waals surface area contributed by atoms with Gasteiger partial charge in [0.2, 0.25) is 5.91 Å². The number of thiol groups is 2. The van der Waals surface area contributed by atoms with Crippen molar-refractivity contribution in [3.05, 3.63) is 0 Å². The molecular formula is C14H27NNaO3S2. The van der Waals surface area contributed by atoms with Gasteiger partial charge in [0.15, 0.2) is 0 Å². The minimum Gasteiger partial charge on any atom is -0.481 e. The molecule has 1 radical (unpaired) electrons. The number of amides is 1. The van der Waals surface area contributed by atoms with E-state index in [2.05, 4.69) is 30.6 Å². The summed E-state index contributed by atoms with van der Waals surface area (Å²) in [5, 5.41) is 11.7. The van der Waals surface area contributed by atoms with Gasteiger partial charge in [-0.1, -0.05) is 12.8 Å². The predicted molar refractivity (Wildman–Crippen MR) is 94.6 cm³/mol. The largest absolute Gasteiger partial charge is 0.481 e. The number of hydrogen-bond donors (Lipinski definition) is 4. The third-order valence-corrected chi connectivity index (χ3v) is 3.82. The maximum Gasteiger partial charge on any atom is 0.303 e. The van der Waals surface area contributed by atoms with Gasteiger partial charge in [0, 0.05) is 54.2 Å². The van der Waals surface area contributed by atoms with Crippen molar-refractivity contribution in [1.29, 1.82) is 0 Å². The minimum atomic E-state index is -0.755.